The number of hydrogen-bond donors (Lipinski definition) is 2. The van der Waals surface area contributed by atoms with E-state index in [1.54, 1.807) is 6.92 Å². The van der Waals surface area contributed by atoms with E-state index in [1.165, 1.54) is 12.5 Å². The Kier molecular flexibility index (Phi) is 5.58. The molecular formula is C17H22N2O3. The molecular weight excluding hydrogens is 280 g/mol. The van der Waals surface area contributed by atoms with Gasteiger partial charge >= 0.3 is 0 Å². The van der Waals surface area contributed by atoms with E-state index in [4.69, 9.17) is 4.74 Å². The summed E-state index contributed by atoms with van der Waals surface area (Å²) in [5, 5.41) is 3.82. The van der Waals surface area contributed by atoms with E-state index in [0.29, 0.717) is 19.6 Å². The highest BCUT2D eigenvalue weighted by atomic mass is 16.5. The minimum atomic E-state index is -0.0579. The zero-order chi connectivity index (χ0) is 15.9. The summed E-state index contributed by atoms with van der Waals surface area (Å²) in [5.74, 6) is 0.949. The number of carbonyl (C=O) groups is 2. The highest BCUT2D eigenvalue weighted by Gasteiger charge is 2.06. The van der Waals surface area contributed by atoms with Crippen LogP contribution in [-0.4, -0.2) is 29.8 Å². The standard InChI is InChI=1S/C17H22N2O3/c1-12(20)4-3-5-14-11-19-17-7-6-15(10-16(14)17)22-9-8-18-13(2)21/h6-7,10-11,19H,3-5,8-9H2,1-2H3,(H,18,21). The number of H-pyrrole nitrogens is 1. The molecule has 0 aliphatic heterocycles. The first kappa shape index (κ1) is 16.1. The van der Waals surface area contributed by atoms with Crippen LogP contribution in [-0.2, 0) is 16.0 Å². The monoisotopic (exact) mass is 302 g/mol. The third-order valence-corrected chi connectivity index (χ3v) is 3.46. The van der Waals surface area contributed by atoms with Crippen molar-refractivity contribution in [3.05, 3.63) is 30.0 Å². The molecule has 1 heterocycles. The molecule has 0 aliphatic rings. The van der Waals surface area contributed by atoms with Gasteiger partial charge in [0.05, 0.1) is 6.54 Å². The second-order valence-electron chi connectivity index (χ2n) is 5.41. The maximum atomic E-state index is 11.0. The molecule has 1 amide bonds. The molecule has 0 fully saturated rings. The number of rotatable bonds is 8. The average Bonchev–Trinajstić information content (AvgIpc) is 2.86. The Hall–Kier alpha value is -2.30. The van der Waals surface area contributed by atoms with E-state index in [0.717, 1.165) is 29.5 Å². The van der Waals surface area contributed by atoms with Gasteiger partial charge < -0.3 is 19.8 Å². The van der Waals surface area contributed by atoms with E-state index in [2.05, 4.69) is 10.3 Å². The van der Waals surface area contributed by atoms with E-state index in [-0.39, 0.29) is 11.7 Å². The number of ether oxygens (including phenoxy) is 1. The Balaban J connectivity index is 1.98. The van der Waals surface area contributed by atoms with Gasteiger partial charge in [-0.05, 0) is 43.5 Å². The second kappa shape index (κ2) is 7.64. The van der Waals surface area contributed by atoms with Crippen molar-refractivity contribution in [2.24, 2.45) is 0 Å². The molecule has 0 radical (unpaired) electrons. The molecule has 2 aromatic rings. The van der Waals surface area contributed by atoms with Crippen LogP contribution in [0.1, 0.15) is 32.3 Å². The molecule has 1 aromatic heterocycles. The number of hydrogen-bond acceptors (Lipinski definition) is 3. The van der Waals surface area contributed by atoms with Crippen molar-refractivity contribution in [2.45, 2.75) is 33.1 Å². The predicted molar refractivity (Wildman–Crippen MR) is 86.1 cm³/mol. The van der Waals surface area contributed by atoms with Crippen molar-refractivity contribution in [3.63, 3.8) is 0 Å². The average molecular weight is 302 g/mol. The van der Waals surface area contributed by atoms with Crippen LogP contribution in [0, 0.1) is 0 Å². The second-order valence-corrected chi connectivity index (χ2v) is 5.41. The lowest BCUT2D eigenvalue weighted by molar-refractivity contribution is -0.119. The Morgan fingerprint density at radius 1 is 1.27 bits per heavy atom. The first-order valence-corrected chi connectivity index (χ1v) is 7.53. The van der Waals surface area contributed by atoms with E-state index in [9.17, 15) is 9.59 Å². The fourth-order valence-electron chi connectivity index (χ4n) is 2.38. The lowest BCUT2D eigenvalue weighted by Crippen LogP contribution is -2.25. The summed E-state index contributed by atoms with van der Waals surface area (Å²) >= 11 is 0. The number of ketones is 1. The lowest BCUT2D eigenvalue weighted by atomic mass is 10.1. The zero-order valence-electron chi connectivity index (χ0n) is 13.1. The van der Waals surface area contributed by atoms with Gasteiger partial charge in [0.2, 0.25) is 5.91 Å². The van der Waals surface area contributed by atoms with Gasteiger partial charge in [0.15, 0.2) is 0 Å². The summed E-state index contributed by atoms with van der Waals surface area (Å²) < 4.78 is 5.65. The molecule has 2 N–H and O–H groups in total. The van der Waals surface area contributed by atoms with Crippen molar-refractivity contribution < 1.29 is 14.3 Å². The van der Waals surface area contributed by atoms with Crippen LogP contribution >= 0.6 is 0 Å². The number of nitrogens with one attached hydrogen (secondary N) is 2. The Morgan fingerprint density at radius 2 is 2.09 bits per heavy atom. The molecule has 2 rings (SSSR count). The fraction of sp³-hybridized carbons (Fsp3) is 0.412. The van der Waals surface area contributed by atoms with Crippen LogP contribution in [0.15, 0.2) is 24.4 Å². The summed E-state index contributed by atoms with van der Waals surface area (Å²) in [4.78, 5) is 25.1. The minimum absolute atomic E-state index is 0.0579. The molecule has 0 saturated heterocycles. The quantitative estimate of drug-likeness (QED) is 0.736. The molecule has 0 aliphatic carbocycles. The molecule has 0 saturated carbocycles. The number of aromatic amines is 1. The molecule has 22 heavy (non-hydrogen) atoms. The summed E-state index contributed by atoms with van der Waals surface area (Å²) in [6.07, 6.45) is 4.33. The molecule has 0 spiro atoms. The maximum Gasteiger partial charge on any atom is 0.216 e. The number of aryl methyl sites for hydroxylation is 1. The Morgan fingerprint density at radius 3 is 2.82 bits per heavy atom. The van der Waals surface area contributed by atoms with Crippen LogP contribution in [0.3, 0.4) is 0 Å². The molecule has 5 nitrogen and oxygen atoms in total. The van der Waals surface area contributed by atoms with Crippen LogP contribution in [0.5, 0.6) is 5.75 Å². The SMILES string of the molecule is CC(=O)CCCc1c[nH]c2ccc(OCCNC(C)=O)cc12. The highest BCUT2D eigenvalue weighted by Crippen LogP contribution is 2.25. The number of aromatic nitrogens is 1. The van der Waals surface area contributed by atoms with Gasteiger partial charge in [-0.25, -0.2) is 0 Å². The highest BCUT2D eigenvalue weighted by molar-refractivity contribution is 5.84. The van der Waals surface area contributed by atoms with E-state index < -0.39 is 0 Å². The van der Waals surface area contributed by atoms with Crippen molar-refractivity contribution in [1.29, 1.82) is 0 Å². The van der Waals surface area contributed by atoms with Crippen LogP contribution in [0.4, 0.5) is 0 Å². The zero-order valence-corrected chi connectivity index (χ0v) is 13.1. The fourth-order valence-corrected chi connectivity index (χ4v) is 2.38. The lowest BCUT2D eigenvalue weighted by Gasteiger charge is -2.07. The van der Waals surface area contributed by atoms with Crippen molar-refractivity contribution in [2.75, 3.05) is 13.2 Å². The topological polar surface area (TPSA) is 71.2 Å². The van der Waals surface area contributed by atoms with Gasteiger partial charge in [-0.2, -0.15) is 0 Å². The smallest absolute Gasteiger partial charge is 0.216 e. The van der Waals surface area contributed by atoms with Crippen molar-refractivity contribution in [1.82, 2.24) is 10.3 Å². The largest absolute Gasteiger partial charge is 0.492 e. The number of benzene rings is 1. The number of amides is 1. The molecule has 0 atom stereocenters. The van der Waals surface area contributed by atoms with E-state index in [1.807, 2.05) is 24.4 Å². The normalized spacial score (nSPS) is 10.6. The molecule has 0 unspecified atom stereocenters. The summed E-state index contributed by atoms with van der Waals surface area (Å²) in [7, 11) is 0. The summed E-state index contributed by atoms with van der Waals surface area (Å²) in [6, 6.07) is 5.90. The predicted octanol–water partition coefficient (Wildman–Crippen LogP) is 2.59. The van der Waals surface area contributed by atoms with Crippen LogP contribution in [0.25, 0.3) is 10.9 Å². The number of carbonyl (C=O) groups excluding carboxylic acids is 2. The third-order valence-electron chi connectivity index (χ3n) is 3.46. The first-order chi connectivity index (χ1) is 10.6. The molecule has 1 aromatic carbocycles. The number of Topliss-reactive ketones (excluding diaryl/α,β-unsaturated/α-hetero) is 1. The minimum Gasteiger partial charge on any atom is -0.492 e. The van der Waals surface area contributed by atoms with Gasteiger partial charge in [0.1, 0.15) is 18.1 Å². The molecule has 5 heteroatoms. The van der Waals surface area contributed by atoms with Gasteiger partial charge in [0, 0.05) is 30.4 Å². The van der Waals surface area contributed by atoms with Gasteiger partial charge in [-0.3, -0.25) is 4.79 Å². The number of fused-ring (bicyclic) bond motifs is 1. The molecule has 118 valence electrons. The summed E-state index contributed by atoms with van der Waals surface area (Å²) in [6.45, 7) is 4.04. The Labute approximate surface area is 130 Å². The van der Waals surface area contributed by atoms with Crippen molar-refractivity contribution in [3.8, 4) is 5.75 Å². The summed E-state index contributed by atoms with van der Waals surface area (Å²) in [5.41, 5.74) is 2.26. The van der Waals surface area contributed by atoms with Crippen LogP contribution in [0.2, 0.25) is 0 Å². The van der Waals surface area contributed by atoms with Gasteiger partial charge in [-0.15, -0.1) is 0 Å². The first-order valence-electron chi connectivity index (χ1n) is 7.53. The van der Waals surface area contributed by atoms with E-state index >= 15 is 0 Å². The van der Waals surface area contributed by atoms with Crippen LogP contribution < -0.4 is 10.1 Å². The third kappa shape index (κ3) is 4.62. The molecule has 0 bridgehead atoms. The van der Waals surface area contributed by atoms with Crippen molar-refractivity contribution >= 4 is 22.6 Å². The van der Waals surface area contributed by atoms with Gasteiger partial charge in [0.25, 0.3) is 0 Å². The maximum absolute atomic E-state index is 11.0. The Bertz CT molecular complexity index is 661. The van der Waals surface area contributed by atoms with Gasteiger partial charge in [-0.1, -0.05) is 0 Å².